The van der Waals surface area contributed by atoms with E-state index in [0.29, 0.717) is 12.1 Å². The molecule has 0 amide bonds. The van der Waals surface area contributed by atoms with Gasteiger partial charge in [0.25, 0.3) is 0 Å². The van der Waals surface area contributed by atoms with Crippen molar-refractivity contribution in [2.45, 2.75) is 83.8 Å². The molecule has 1 aliphatic heterocycles. The largest absolute Gasteiger partial charge is 0.300 e. The highest BCUT2D eigenvalue weighted by atomic mass is 15.2. The van der Waals surface area contributed by atoms with Gasteiger partial charge in [-0.3, -0.25) is 10.2 Å². The van der Waals surface area contributed by atoms with Crippen LogP contribution in [0.15, 0.2) is 0 Å². The fourth-order valence-corrected chi connectivity index (χ4v) is 3.38. The van der Waals surface area contributed by atoms with Crippen LogP contribution in [0.5, 0.6) is 0 Å². The second kappa shape index (κ2) is 7.87. The first-order valence-corrected chi connectivity index (χ1v) is 8.00. The molecule has 110 valence electrons. The van der Waals surface area contributed by atoms with Crippen LogP contribution < -0.4 is 5.32 Å². The molecule has 1 N–H and O–H groups in total. The molecule has 0 aromatic rings. The van der Waals surface area contributed by atoms with E-state index in [-0.39, 0.29) is 5.54 Å². The summed E-state index contributed by atoms with van der Waals surface area (Å²) in [5, 5.41) is 12.8. The molecule has 1 rings (SSSR count). The third kappa shape index (κ3) is 4.47. The van der Waals surface area contributed by atoms with Crippen molar-refractivity contribution < 1.29 is 0 Å². The minimum absolute atomic E-state index is 0.309. The molecule has 3 unspecified atom stereocenters. The molecule has 0 aromatic heterocycles. The summed E-state index contributed by atoms with van der Waals surface area (Å²) in [6, 6.07) is 3.92. The van der Waals surface area contributed by atoms with Crippen LogP contribution in [-0.4, -0.2) is 35.6 Å². The predicted molar refractivity (Wildman–Crippen MR) is 81.0 cm³/mol. The average molecular weight is 265 g/mol. The van der Waals surface area contributed by atoms with Gasteiger partial charge in [0, 0.05) is 12.1 Å². The number of nitriles is 1. The minimum Gasteiger partial charge on any atom is -0.300 e. The van der Waals surface area contributed by atoms with Crippen LogP contribution in [0.25, 0.3) is 0 Å². The van der Waals surface area contributed by atoms with Crippen LogP contribution in [0.4, 0.5) is 0 Å². The lowest BCUT2D eigenvalue weighted by Crippen LogP contribution is -2.46. The first-order valence-electron chi connectivity index (χ1n) is 8.00. The van der Waals surface area contributed by atoms with Crippen LogP contribution in [-0.2, 0) is 0 Å². The predicted octanol–water partition coefficient (Wildman–Crippen LogP) is 3.31. The van der Waals surface area contributed by atoms with Crippen molar-refractivity contribution in [3.8, 4) is 6.07 Å². The van der Waals surface area contributed by atoms with Gasteiger partial charge in [-0.25, -0.2) is 0 Å². The maximum absolute atomic E-state index is 9.42. The number of likely N-dealkylation sites (tertiary alicyclic amines) is 1. The third-order valence-electron chi connectivity index (χ3n) is 4.73. The van der Waals surface area contributed by atoms with Gasteiger partial charge in [0.05, 0.1) is 6.07 Å². The van der Waals surface area contributed by atoms with Crippen LogP contribution in [0, 0.1) is 11.3 Å². The van der Waals surface area contributed by atoms with Crippen molar-refractivity contribution in [2.75, 3.05) is 13.1 Å². The lowest BCUT2D eigenvalue weighted by atomic mass is 9.91. The highest BCUT2D eigenvalue weighted by molar-refractivity contribution is 5.06. The molecule has 0 spiro atoms. The molecule has 3 heteroatoms. The van der Waals surface area contributed by atoms with Crippen molar-refractivity contribution in [3.63, 3.8) is 0 Å². The van der Waals surface area contributed by atoms with Crippen molar-refractivity contribution in [3.05, 3.63) is 0 Å². The summed E-state index contributed by atoms with van der Waals surface area (Å²) in [5.74, 6) is 0. The van der Waals surface area contributed by atoms with Gasteiger partial charge in [-0.05, 0) is 59.0 Å². The molecule has 1 aliphatic rings. The zero-order valence-electron chi connectivity index (χ0n) is 13.2. The second-order valence-electron chi connectivity index (χ2n) is 6.05. The molecule has 0 bridgehead atoms. The Balaban J connectivity index is 2.45. The summed E-state index contributed by atoms with van der Waals surface area (Å²) in [6.07, 6.45) is 6.99. The van der Waals surface area contributed by atoms with Crippen molar-refractivity contribution in [1.29, 1.82) is 5.26 Å². The van der Waals surface area contributed by atoms with Gasteiger partial charge in [0.1, 0.15) is 5.54 Å². The Bertz CT molecular complexity index is 287. The lowest BCUT2D eigenvalue weighted by Gasteiger charge is -2.39. The molecule has 0 aromatic carbocycles. The standard InChI is InChI=1S/C16H31N3/c1-5-16(13-17,18-6-2)11-8-12-19-14(3)9-7-10-15(19)4/h14-15,18H,5-12H2,1-4H3. The molecular weight excluding hydrogens is 234 g/mol. The van der Waals surface area contributed by atoms with Gasteiger partial charge in [0.15, 0.2) is 0 Å². The first-order chi connectivity index (χ1) is 9.08. The lowest BCUT2D eigenvalue weighted by molar-refractivity contribution is 0.0988. The summed E-state index contributed by atoms with van der Waals surface area (Å²) in [5.41, 5.74) is -0.309. The van der Waals surface area contributed by atoms with Gasteiger partial charge >= 0.3 is 0 Å². The zero-order valence-corrected chi connectivity index (χ0v) is 13.2. The van der Waals surface area contributed by atoms with Crippen LogP contribution in [0.1, 0.15) is 66.2 Å². The molecule has 0 saturated carbocycles. The SMILES string of the molecule is CCNC(C#N)(CC)CCCN1C(C)CCCC1C. The molecule has 1 heterocycles. The maximum atomic E-state index is 9.42. The summed E-state index contributed by atoms with van der Waals surface area (Å²) in [4.78, 5) is 2.63. The van der Waals surface area contributed by atoms with E-state index in [1.54, 1.807) is 0 Å². The summed E-state index contributed by atoms with van der Waals surface area (Å²) < 4.78 is 0. The number of hydrogen-bond donors (Lipinski definition) is 1. The Kier molecular flexibility index (Phi) is 6.82. The summed E-state index contributed by atoms with van der Waals surface area (Å²) in [6.45, 7) is 10.9. The van der Waals surface area contributed by atoms with Crippen molar-refractivity contribution in [1.82, 2.24) is 10.2 Å². The summed E-state index contributed by atoms with van der Waals surface area (Å²) >= 11 is 0. The van der Waals surface area contributed by atoms with Crippen molar-refractivity contribution in [2.24, 2.45) is 0 Å². The first kappa shape index (κ1) is 16.5. The Hall–Kier alpha value is -0.590. The van der Waals surface area contributed by atoms with E-state index in [4.69, 9.17) is 0 Å². The van der Waals surface area contributed by atoms with E-state index >= 15 is 0 Å². The molecule has 19 heavy (non-hydrogen) atoms. The van der Waals surface area contributed by atoms with Gasteiger partial charge < -0.3 is 0 Å². The molecule has 3 atom stereocenters. The third-order valence-corrected chi connectivity index (χ3v) is 4.73. The minimum atomic E-state index is -0.309. The highest BCUT2D eigenvalue weighted by Crippen LogP contribution is 2.24. The molecule has 1 saturated heterocycles. The Morgan fingerprint density at radius 3 is 2.37 bits per heavy atom. The van der Waals surface area contributed by atoms with Crippen LogP contribution in [0.2, 0.25) is 0 Å². The van der Waals surface area contributed by atoms with E-state index in [0.717, 1.165) is 32.4 Å². The van der Waals surface area contributed by atoms with Crippen LogP contribution in [0.3, 0.4) is 0 Å². The Morgan fingerprint density at radius 1 is 1.26 bits per heavy atom. The number of hydrogen-bond acceptors (Lipinski definition) is 3. The fourth-order valence-electron chi connectivity index (χ4n) is 3.38. The number of nitrogens with zero attached hydrogens (tertiary/aromatic N) is 2. The molecular formula is C16H31N3. The van der Waals surface area contributed by atoms with E-state index in [2.05, 4.69) is 44.0 Å². The number of nitrogens with one attached hydrogen (secondary N) is 1. The van der Waals surface area contributed by atoms with E-state index in [1.807, 2.05) is 0 Å². The quantitative estimate of drug-likeness (QED) is 0.767. The molecule has 0 aliphatic carbocycles. The monoisotopic (exact) mass is 265 g/mol. The van der Waals surface area contributed by atoms with E-state index in [1.165, 1.54) is 19.3 Å². The number of rotatable bonds is 7. The number of piperidine rings is 1. The zero-order chi connectivity index (χ0) is 14.3. The Morgan fingerprint density at radius 2 is 1.89 bits per heavy atom. The molecule has 0 radical (unpaired) electrons. The van der Waals surface area contributed by atoms with E-state index < -0.39 is 0 Å². The highest BCUT2D eigenvalue weighted by Gasteiger charge is 2.28. The topological polar surface area (TPSA) is 39.1 Å². The fraction of sp³-hybridized carbons (Fsp3) is 0.938. The van der Waals surface area contributed by atoms with Gasteiger partial charge in [0.2, 0.25) is 0 Å². The van der Waals surface area contributed by atoms with Gasteiger partial charge in [-0.15, -0.1) is 0 Å². The summed E-state index contributed by atoms with van der Waals surface area (Å²) in [7, 11) is 0. The van der Waals surface area contributed by atoms with Crippen molar-refractivity contribution >= 4 is 0 Å². The maximum Gasteiger partial charge on any atom is 0.106 e. The molecule has 1 fully saturated rings. The second-order valence-corrected chi connectivity index (χ2v) is 6.05. The average Bonchev–Trinajstić information content (AvgIpc) is 2.41. The Labute approximate surface area is 119 Å². The van der Waals surface area contributed by atoms with Gasteiger partial charge in [-0.2, -0.15) is 5.26 Å². The van der Waals surface area contributed by atoms with E-state index in [9.17, 15) is 5.26 Å². The van der Waals surface area contributed by atoms with Gasteiger partial charge in [-0.1, -0.05) is 20.3 Å². The van der Waals surface area contributed by atoms with Crippen LogP contribution >= 0.6 is 0 Å². The smallest absolute Gasteiger partial charge is 0.106 e. The molecule has 3 nitrogen and oxygen atoms in total. The normalized spacial score (nSPS) is 27.7.